The monoisotopic (exact) mass is 291 g/mol. The molecule has 1 aromatic carbocycles. The van der Waals surface area contributed by atoms with Crippen LogP contribution in [0.2, 0.25) is 0 Å². The van der Waals surface area contributed by atoms with Crippen LogP contribution >= 0.6 is 11.3 Å². The van der Waals surface area contributed by atoms with E-state index in [1.807, 2.05) is 6.07 Å². The number of hydrogen-bond donors (Lipinski definition) is 1. The van der Waals surface area contributed by atoms with E-state index in [9.17, 15) is 4.39 Å². The summed E-state index contributed by atoms with van der Waals surface area (Å²) < 4.78 is 14.3. The van der Waals surface area contributed by atoms with Crippen LogP contribution in [0, 0.1) is 5.82 Å². The maximum atomic E-state index is 13.3. The fourth-order valence-corrected chi connectivity index (χ4v) is 3.45. The molecule has 0 aliphatic heterocycles. The van der Waals surface area contributed by atoms with E-state index in [-0.39, 0.29) is 5.82 Å². The third kappa shape index (κ3) is 3.90. The van der Waals surface area contributed by atoms with Gasteiger partial charge in [0.15, 0.2) is 0 Å². The zero-order valence-electron chi connectivity index (χ0n) is 12.2. The van der Waals surface area contributed by atoms with Crippen molar-refractivity contribution in [3.63, 3.8) is 0 Å². The number of allylic oxidation sites excluding steroid dienone is 1. The highest BCUT2D eigenvalue weighted by Crippen LogP contribution is 2.32. The van der Waals surface area contributed by atoms with Gasteiger partial charge in [-0.1, -0.05) is 18.6 Å². The Balaban J connectivity index is 2.22. The molecule has 0 saturated carbocycles. The van der Waals surface area contributed by atoms with E-state index < -0.39 is 0 Å². The number of benzene rings is 1. The molecule has 0 aliphatic carbocycles. The van der Waals surface area contributed by atoms with Crippen molar-refractivity contribution in [2.45, 2.75) is 39.2 Å². The summed E-state index contributed by atoms with van der Waals surface area (Å²) in [6.45, 7) is 9.22. The van der Waals surface area contributed by atoms with E-state index >= 15 is 0 Å². The Labute approximate surface area is 124 Å². The van der Waals surface area contributed by atoms with Crippen molar-refractivity contribution in [2.75, 3.05) is 6.54 Å². The second-order valence-corrected chi connectivity index (χ2v) is 6.45. The lowest BCUT2D eigenvalue weighted by Crippen LogP contribution is -2.21. The lowest BCUT2D eigenvalue weighted by atomic mass is 10.1. The van der Waals surface area contributed by atoms with Gasteiger partial charge in [0.05, 0.1) is 0 Å². The molecule has 20 heavy (non-hydrogen) atoms. The molecule has 1 nitrogen and oxygen atoms in total. The van der Waals surface area contributed by atoms with Crippen LogP contribution in [-0.4, -0.2) is 6.54 Å². The summed E-state index contributed by atoms with van der Waals surface area (Å²) in [6, 6.07) is 7.54. The minimum Gasteiger partial charge on any atom is -0.309 e. The minimum absolute atomic E-state index is 0.161. The largest absolute Gasteiger partial charge is 0.309 e. The van der Waals surface area contributed by atoms with Crippen molar-refractivity contribution in [1.82, 2.24) is 5.32 Å². The van der Waals surface area contributed by atoms with Gasteiger partial charge in [-0.3, -0.25) is 0 Å². The predicted octanol–water partition coefficient (Wildman–Crippen LogP) is 5.44. The van der Waals surface area contributed by atoms with Gasteiger partial charge in [-0.05, 0) is 56.3 Å². The van der Waals surface area contributed by atoms with Crippen LogP contribution in [0.4, 0.5) is 4.39 Å². The Morgan fingerprint density at radius 1 is 1.40 bits per heavy atom. The van der Waals surface area contributed by atoms with Gasteiger partial charge in [0.1, 0.15) is 5.82 Å². The van der Waals surface area contributed by atoms with Gasteiger partial charge in [-0.15, -0.1) is 17.9 Å². The maximum absolute atomic E-state index is 13.3. The summed E-state index contributed by atoms with van der Waals surface area (Å²) >= 11 is 1.69. The number of fused-ring (bicyclic) bond motifs is 1. The molecule has 0 spiro atoms. The number of halogens is 1. The third-order valence-electron chi connectivity index (χ3n) is 3.35. The van der Waals surface area contributed by atoms with Gasteiger partial charge in [0.2, 0.25) is 0 Å². The molecule has 108 valence electrons. The van der Waals surface area contributed by atoms with Gasteiger partial charge in [-0.25, -0.2) is 4.39 Å². The fourth-order valence-electron chi connectivity index (χ4n) is 2.25. The summed E-state index contributed by atoms with van der Waals surface area (Å²) in [5, 5.41) is 4.72. The number of hydrogen-bond acceptors (Lipinski definition) is 2. The van der Waals surface area contributed by atoms with Crippen molar-refractivity contribution in [3.8, 4) is 0 Å². The third-order valence-corrected chi connectivity index (χ3v) is 4.56. The molecule has 2 rings (SSSR count). The number of nitrogens with one attached hydrogen (secondary N) is 1. The van der Waals surface area contributed by atoms with Crippen molar-refractivity contribution in [3.05, 3.63) is 47.1 Å². The minimum atomic E-state index is -0.161. The highest BCUT2D eigenvalue weighted by molar-refractivity contribution is 7.19. The molecule has 0 fully saturated rings. The smallest absolute Gasteiger partial charge is 0.124 e. The van der Waals surface area contributed by atoms with Crippen LogP contribution in [0.25, 0.3) is 10.1 Å². The zero-order chi connectivity index (χ0) is 14.5. The van der Waals surface area contributed by atoms with Gasteiger partial charge in [0, 0.05) is 15.6 Å². The Morgan fingerprint density at radius 3 is 2.90 bits per heavy atom. The van der Waals surface area contributed by atoms with Gasteiger partial charge in [0.25, 0.3) is 0 Å². The normalized spacial score (nSPS) is 12.8. The summed E-state index contributed by atoms with van der Waals surface area (Å²) in [4.78, 5) is 1.29. The first kappa shape index (κ1) is 15.2. The van der Waals surface area contributed by atoms with Crippen molar-refractivity contribution in [1.29, 1.82) is 0 Å². The molecule has 2 aromatic rings. The highest BCUT2D eigenvalue weighted by Gasteiger charge is 2.14. The van der Waals surface area contributed by atoms with Crippen LogP contribution in [0.15, 0.2) is 36.4 Å². The topological polar surface area (TPSA) is 12.0 Å². The molecule has 1 heterocycles. The van der Waals surface area contributed by atoms with E-state index in [2.05, 4.69) is 31.8 Å². The van der Waals surface area contributed by atoms with Crippen LogP contribution in [-0.2, 0) is 0 Å². The average Bonchev–Trinajstić information content (AvgIpc) is 2.81. The molecule has 1 N–H and O–H groups in total. The van der Waals surface area contributed by atoms with E-state index in [0.29, 0.717) is 6.04 Å². The van der Waals surface area contributed by atoms with Gasteiger partial charge < -0.3 is 5.32 Å². The quantitative estimate of drug-likeness (QED) is 0.670. The Bertz CT molecular complexity index is 588. The average molecular weight is 291 g/mol. The first-order chi connectivity index (χ1) is 9.60. The lowest BCUT2D eigenvalue weighted by molar-refractivity contribution is 0.506. The summed E-state index contributed by atoms with van der Waals surface area (Å²) in [7, 11) is 0. The molecule has 1 atom stereocenters. The molecular weight excluding hydrogens is 269 g/mol. The van der Waals surface area contributed by atoms with E-state index in [0.717, 1.165) is 35.9 Å². The summed E-state index contributed by atoms with van der Waals surface area (Å²) in [5.74, 6) is -0.161. The number of thiophene rings is 1. The zero-order valence-corrected chi connectivity index (χ0v) is 13.0. The molecule has 0 radical (unpaired) electrons. The molecule has 0 saturated heterocycles. The van der Waals surface area contributed by atoms with Crippen molar-refractivity contribution >= 4 is 21.4 Å². The molecule has 0 aliphatic rings. The molecule has 0 amide bonds. The van der Waals surface area contributed by atoms with Crippen LogP contribution in [0.1, 0.15) is 44.0 Å². The Hall–Kier alpha value is -1.19. The highest BCUT2D eigenvalue weighted by atomic mass is 32.1. The second kappa shape index (κ2) is 7.00. The van der Waals surface area contributed by atoms with Crippen molar-refractivity contribution in [2.24, 2.45) is 0 Å². The first-order valence-electron chi connectivity index (χ1n) is 7.17. The molecular formula is C17H22FNS. The molecule has 1 unspecified atom stereocenters. The predicted molar refractivity (Wildman–Crippen MR) is 86.9 cm³/mol. The SMILES string of the molecule is C=C(C)CCC(NCCC)c1cc2ccc(F)cc2s1. The Morgan fingerprint density at radius 2 is 2.20 bits per heavy atom. The van der Waals surface area contributed by atoms with Crippen LogP contribution < -0.4 is 5.32 Å². The first-order valence-corrected chi connectivity index (χ1v) is 7.98. The maximum Gasteiger partial charge on any atom is 0.124 e. The van der Waals surface area contributed by atoms with Crippen molar-refractivity contribution < 1.29 is 4.39 Å². The molecule has 3 heteroatoms. The fraction of sp³-hybridized carbons (Fsp3) is 0.412. The molecule has 1 aromatic heterocycles. The van der Waals surface area contributed by atoms with E-state index in [1.54, 1.807) is 17.4 Å². The Kier molecular flexibility index (Phi) is 5.32. The summed E-state index contributed by atoms with van der Waals surface area (Å²) in [6.07, 6.45) is 3.18. The van der Waals surface area contributed by atoms with Crippen LogP contribution in [0.5, 0.6) is 0 Å². The van der Waals surface area contributed by atoms with Crippen LogP contribution in [0.3, 0.4) is 0 Å². The van der Waals surface area contributed by atoms with E-state index in [4.69, 9.17) is 0 Å². The van der Waals surface area contributed by atoms with Gasteiger partial charge >= 0.3 is 0 Å². The molecule has 0 bridgehead atoms. The van der Waals surface area contributed by atoms with E-state index in [1.165, 1.54) is 16.5 Å². The summed E-state index contributed by atoms with van der Waals surface area (Å²) in [5.41, 5.74) is 1.21. The standard InChI is InChI=1S/C17H22FNS/c1-4-9-19-15(8-5-12(2)3)17-10-13-6-7-14(18)11-16(13)20-17/h6-7,10-11,15,19H,2,4-5,8-9H2,1,3H3. The van der Waals surface area contributed by atoms with Gasteiger partial charge in [-0.2, -0.15) is 0 Å². The number of rotatable bonds is 7. The second-order valence-electron chi connectivity index (χ2n) is 5.33. The lowest BCUT2D eigenvalue weighted by Gasteiger charge is -2.17.